The van der Waals surface area contributed by atoms with E-state index in [1.54, 1.807) is 11.1 Å². The normalized spacial score (nSPS) is 23.4. The van der Waals surface area contributed by atoms with Crippen molar-refractivity contribution in [3.8, 4) is 6.07 Å². The van der Waals surface area contributed by atoms with E-state index in [-0.39, 0.29) is 11.7 Å². The topological polar surface area (TPSA) is 83.2 Å². The maximum absolute atomic E-state index is 13.9. The molecule has 36 heavy (non-hydrogen) atoms. The Morgan fingerprint density at radius 1 is 1.25 bits per heavy atom. The van der Waals surface area contributed by atoms with Crippen LogP contribution in [0.5, 0.6) is 0 Å². The van der Waals surface area contributed by atoms with E-state index in [0.717, 1.165) is 45.1 Å². The van der Waals surface area contributed by atoms with E-state index in [0.29, 0.717) is 37.2 Å². The van der Waals surface area contributed by atoms with Crippen LogP contribution in [0.25, 0.3) is 0 Å². The number of urea groups is 1. The summed E-state index contributed by atoms with van der Waals surface area (Å²) in [5, 5.41) is 20.0. The highest BCUT2D eigenvalue weighted by atomic mass is 16.3. The minimum Gasteiger partial charge on any atom is -0.388 e. The number of amides is 2. The summed E-state index contributed by atoms with van der Waals surface area (Å²) in [6.45, 7) is 7.89. The van der Waals surface area contributed by atoms with Gasteiger partial charge in [-0.25, -0.2) is 9.79 Å². The molecule has 3 rings (SSSR count). The Morgan fingerprint density at radius 2 is 1.97 bits per heavy atom. The van der Waals surface area contributed by atoms with Crippen molar-refractivity contribution >= 4 is 12.2 Å². The lowest BCUT2D eigenvalue weighted by Gasteiger charge is -2.43. The van der Waals surface area contributed by atoms with Crippen molar-refractivity contribution < 1.29 is 9.90 Å². The molecule has 2 aliphatic rings. The SMILES string of the molecule is C=C(C#N)N=C/C(=C\C)N1CCC[C@H](c2ccccc2)C(CN(C)C)CCN(CC2(O)CCC2)C1=O. The minimum atomic E-state index is -0.805. The van der Waals surface area contributed by atoms with Crippen molar-refractivity contribution in [1.29, 1.82) is 5.26 Å². The molecule has 1 unspecified atom stereocenters. The lowest BCUT2D eigenvalue weighted by Crippen LogP contribution is -2.54. The van der Waals surface area contributed by atoms with E-state index < -0.39 is 5.60 Å². The molecular formula is C29H41N5O2. The molecule has 0 spiro atoms. The lowest BCUT2D eigenvalue weighted by atomic mass is 9.78. The van der Waals surface area contributed by atoms with Gasteiger partial charge in [0.15, 0.2) is 0 Å². The Labute approximate surface area is 216 Å². The fourth-order valence-electron chi connectivity index (χ4n) is 5.37. The molecule has 0 aromatic heterocycles. The number of aliphatic hydroxyl groups is 1. The number of hydrogen-bond donors (Lipinski definition) is 1. The molecule has 1 aromatic carbocycles. The Balaban J connectivity index is 1.94. The van der Waals surface area contributed by atoms with Gasteiger partial charge in [-0.2, -0.15) is 5.26 Å². The predicted molar refractivity (Wildman–Crippen MR) is 145 cm³/mol. The Hall–Kier alpha value is -2.95. The van der Waals surface area contributed by atoms with Crippen LogP contribution in [0.4, 0.5) is 4.79 Å². The van der Waals surface area contributed by atoms with Crippen LogP contribution in [0.15, 0.2) is 59.4 Å². The smallest absolute Gasteiger partial charge is 0.324 e. The van der Waals surface area contributed by atoms with Gasteiger partial charge in [0.2, 0.25) is 0 Å². The van der Waals surface area contributed by atoms with Crippen LogP contribution < -0.4 is 0 Å². The minimum absolute atomic E-state index is 0.0965. The summed E-state index contributed by atoms with van der Waals surface area (Å²) in [6, 6.07) is 12.5. The van der Waals surface area contributed by atoms with Crippen LogP contribution in [0.1, 0.15) is 56.9 Å². The second-order valence-corrected chi connectivity index (χ2v) is 10.4. The van der Waals surface area contributed by atoms with Gasteiger partial charge < -0.3 is 14.9 Å². The molecule has 2 amide bonds. The highest BCUT2D eigenvalue weighted by molar-refractivity contribution is 5.88. The molecular weight excluding hydrogens is 450 g/mol. The lowest BCUT2D eigenvalue weighted by molar-refractivity contribution is -0.0536. The highest BCUT2D eigenvalue weighted by Crippen LogP contribution is 2.36. The number of hydrogen-bond acceptors (Lipinski definition) is 5. The molecule has 0 bridgehead atoms. The molecule has 7 heteroatoms. The van der Waals surface area contributed by atoms with Gasteiger partial charge in [-0.1, -0.05) is 43.0 Å². The van der Waals surface area contributed by atoms with Crippen LogP contribution >= 0.6 is 0 Å². The summed E-state index contributed by atoms with van der Waals surface area (Å²) >= 11 is 0. The number of carbonyl (C=O) groups is 1. The molecule has 1 N–H and O–H groups in total. The first-order chi connectivity index (χ1) is 17.3. The first-order valence-corrected chi connectivity index (χ1v) is 13.0. The summed E-state index contributed by atoms with van der Waals surface area (Å²) < 4.78 is 0. The maximum Gasteiger partial charge on any atom is 0.324 e. The predicted octanol–water partition coefficient (Wildman–Crippen LogP) is 4.78. The molecule has 1 saturated carbocycles. The van der Waals surface area contributed by atoms with Crippen LogP contribution in [0, 0.1) is 17.2 Å². The number of nitriles is 1. The zero-order chi connectivity index (χ0) is 26.1. The molecule has 2 atom stereocenters. The van der Waals surface area contributed by atoms with Gasteiger partial charge in [-0.05, 0) is 76.9 Å². The molecule has 1 heterocycles. The number of allylic oxidation sites excluding steroid dienone is 3. The Kier molecular flexibility index (Phi) is 9.86. The van der Waals surface area contributed by atoms with Crippen molar-refractivity contribution in [2.24, 2.45) is 10.9 Å². The maximum atomic E-state index is 13.9. The zero-order valence-corrected chi connectivity index (χ0v) is 22.1. The quantitative estimate of drug-likeness (QED) is 0.419. The second-order valence-electron chi connectivity index (χ2n) is 10.4. The molecule has 2 fully saturated rings. The molecule has 1 aliphatic carbocycles. The first-order valence-electron chi connectivity index (χ1n) is 13.0. The fourth-order valence-corrected chi connectivity index (χ4v) is 5.37. The fraction of sp³-hybridized carbons (Fsp3) is 0.552. The van der Waals surface area contributed by atoms with E-state index in [1.807, 2.05) is 24.0 Å². The molecule has 7 nitrogen and oxygen atoms in total. The third kappa shape index (κ3) is 7.28. The monoisotopic (exact) mass is 491 g/mol. The number of benzene rings is 1. The summed E-state index contributed by atoms with van der Waals surface area (Å²) in [6.07, 6.45) is 8.50. The number of nitrogens with zero attached hydrogens (tertiary/aromatic N) is 5. The third-order valence-corrected chi connectivity index (χ3v) is 7.42. The molecule has 194 valence electrons. The van der Waals surface area contributed by atoms with Crippen molar-refractivity contribution in [1.82, 2.24) is 14.7 Å². The third-order valence-electron chi connectivity index (χ3n) is 7.42. The molecule has 1 saturated heterocycles. The second kappa shape index (κ2) is 12.8. The van der Waals surface area contributed by atoms with Crippen LogP contribution in [0.2, 0.25) is 0 Å². The number of carbonyl (C=O) groups excluding carboxylic acids is 1. The van der Waals surface area contributed by atoms with Gasteiger partial charge in [0.25, 0.3) is 0 Å². The van der Waals surface area contributed by atoms with E-state index in [2.05, 4.69) is 60.9 Å². The Morgan fingerprint density at radius 3 is 2.56 bits per heavy atom. The summed E-state index contributed by atoms with van der Waals surface area (Å²) in [7, 11) is 4.21. The molecule has 1 aliphatic heterocycles. The van der Waals surface area contributed by atoms with Gasteiger partial charge in [0.05, 0.1) is 24.1 Å². The largest absolute Gasteiger partial charge is 0.388 e. The van der Waals surface area contributed by atoms with E-state index in [1.165, 1.54) is 5.56 Å². The Bertz CT molecular complexity index is 991. The van der Waals surface area contributed by atoms with Crippen molar-refractivity contribution in [2.75, 3.05) is 40.3 Å². The zero-order valence-electron chi connectivity index (χ0n) is 22.1. The van der Waals surface area contributed by atoms with Gasteiger partial charge in [-0.3, -0.25) is 4.90 Å². The van der Waals surface area contributed by atoms with Gasteiger partial charge in [-0.15, -0.1) is 0 Å². The molecule has 1 aromatic rings. The van der Waals surface area contributed by atoms with E-state index >= 15 is 0 Å². The van der Waals surface area contributed by atoms with Crippen LogP contribution in [-0.4, -0.2) is 77.9 Å². The number of rotatable bonds is 8. The summed E-state index contributed by atoms with van der Waals surface area (Å²) in [5.74, 6) is 0.764. The number of aliphatic imine (C=N–C) groups is 1. The van der Waals surface area contributed by atoms with E-state index in [9.17, 15) is 9.90 Å². The number of β-amino-alcohol motifs (C(OH)–C–C–N with tert-alkyl or cyclic N) is 1. The standard InChI is InChI=1S/C29H41N5O2/c1-5-26(20-31-23(2)19-30)34-17-9-13-27(24-11-7-6-8-12-24)25(21-32(3)4)14-18-33(28(34)35)22-29(36)15-10-16-29/h5-8,11-12,20,25,27,36H,2,9-10,13-18,21-22H2,1,3-4H3/b26-5+,31-20?/t25?,27-/m1/s1. The van der Waals surface area contributed by atoms with Crippen molar-refractivity contribution in [2.45, 2.75) is 57.0 Å². The van der Waals surface area contributed by atoms with E-state index in [4.69, 9.17) is 5.26 Å². The average molecular weight is 492 g/mol. The van der Waals surface area contributed by atoms with Crippen LogP contribution in [-0.2, 0) is 0 Å². The average Bonchev–Trinajstić information content (AvgIpc) is 2.85. The van der Waals surface area contributed by atoms with Crippen molar-refractivity contribution in [3.05, 3.63) is 59.9 Å². The first kappa shape index (κ1) is 27.6. The van der Waals surface area contributed by atoms with Crippen LogP contribution in [0.3, 0.4) is 0 Å². The van der Waals surface area contributed by atoms with Gasteiger partial charge >= 0.3 is 6.03 Å². The summed E-state index contributed by atoms with van der Waals surface area (Å²) in [4.78, 5) is 23.9. The van der Waals surface area contributed by atoms with Gasteiger partial charge in [0.1, 0.15) is 11.8 Å². The molecule has 0 radical (unpaired) electrons. The highest BCUT2D eigenvalue weighted by Gasteiger charge is 2.39. The summed E-state index contributed by atoms with van der Waals surface area (Å²) in [5.41, 5.74) is 1.27. The van der Waals surface area contributed by atoms with Gasteiger partial charge in [0, 0.05) is 19.6 Å². The van der Waals surface area contributed by atoms with Crippen molar-refractivity contribution in [3.63, 3.8) is 0 Å².